The van der Waals surface area contributed by atoms with E-state index in [9.17, 15) is 9.59 Å². The SMILES string of the molecule is Cc1nn(-c2ccccc2)c(C)c1C(=O)C(=O)NC(C)c1cccc2ccccc12. The summed E-state index contributed by atoms with van der Waals surface area (Å²) in [6.45, 7) is 5.45. The van der Waals surface area contributed by atoms with Crippen molar-refractivity contribution in [2.75, 3.05) is 0 Å². The number of para-hydroxylation sites is 1. The average Bonchev–Trinajstić information content (AvgIpc) is 3.07. The molecule has 4 aromatic rings. The Labute approximate surface area is 175 Å². The molecular formula is C25H23N3O2. The van der Waals surface area contributed by atoms with Crippen LogP contribution in [0.15, 0.2) is 72.8 Å². The molecule has 0 bridgehead atoms. The number of aromatic nitrogens is 2. The van der Waals surface area contributed by atoms with Crippen molar-refractivity contribution < 1.29 is 9.59 Å². The van der Waals surface area contributed by atoms with Crippen LogP contribution in [0.3, 0.4) is 0 Å². The van der Waals surface area contributed by atoms with Gasteiger partial charge in [-0.3, -0.25) is 9.59 Å². The molecule has 0 aliphatic carbocycles. The summed E-state index contributed by atoms with van der Waals surface area (Å²) in [5.74, 6) is -1.20. The van der Waals surface area contributed by atoms with Crippen LogP contribution in [0.25, 0.3) is 16.5 Å². The Kier molecular flexibility index (Phi) is 5.19. The maximum Gasteiger partial charge on any atom is 0.293 e. The molecule has 30 heavy (non-hydrogen) atoms. The molecule has 5 nitrogen and oxygen atoms in total. The predicted octanol–water partition coefficient (Wildman–Crippen LogP) is 4.70. The molecule has 1 atom stereocenters. The molecule has 0 saturated heterocycles. The summed E-state index contributed by atoms with van der Waals surface area (Å²) in [5, 5.41) is 9.50. The lowest BCUT2D eigenvalue weighted by Gasteiger charge is -2.16. The van der Waals surface area contributed by atoms with Gasteiger partial charge in [-0.05, 0) is 49.2 Å². The maximum absolute atomic E-state index is 13.0. The largest absolute Gasteiger partial charge is 0.343 e. The smallest absolute Gasteiger partial charge is 0.293 e. The predicted molar refractivity (Wildman–Crippen MR) is 118 cm³/mol. The summed E-state index contributed by atoms with van der Waals surface area (Å²) in [7, 11) is 0. The highest BCUT2D eigenvalue weighted by molar-refractivity contribution is 6.43. The van der Waals surface area contributed by atoms with Crippen molar-refractivity contribution in [3.63, 3.8) is 0 Å². The van der Waals surface area contributed by atoms with Gasteiger partial charge in [0.25, 0.3) is 11.7 Å². The van der Waals surface area contributed by atoms with Gasteiger partial charge < -0.3 is 5.32 Å². The van der Waals surface area contributed by atoms with Gasteiger partial charge in [-0.1, -0.05) is 60.7 Å². The van der Waals surface area contributed by atoms with E-state index in [4.69, 9.17) is 0 Å². The Bertz CT molecular complexity index is 1240. The lowest BCUT2D eigenvalue weighted by Crippen LogP contribution is -2.33. The van der Waals surface area contributed by atoms with Gasteiger partial charge in [0.15, 0.2) is 0 Å². The zero-order valence-electron chi connectivity index (χ0n) is 17.2. The van der Waals surface area contributed by atoms with Gasteiger partial charge in [0, 0.05) is 0 Å². The van der Waals surface area contributed by atoms with E-state index < -0.39 is 11.7 Å². The molecule has 0 fully saturated rings. The highest BCUT2D eigenvalue weighted by atomic mass is 16.2. The van der Waals surface area contributed by atoms with Crippen LogP contribution in [-0.4, -0.2) is 21.5 Å². The van der Waals surface area contributed by atoms with E-state index in [1.807, 2.05) is 86.6 Å². The number of Topliss-reactive ketones (excluding diaryl/α,β-unsaturated/α-hetero) is 1. The molecule has 150 valence electrons. The highest BCUT2D eigenvalue weighted by Gasteiger charge is 2.26. The van der Waals surface area contributed by atoms with Gasteiger partial charge in [-0.25, -0.2) is 4.68 Å². The monoisotopic (exact) mass is 397 g/mol. The number of nitrogens with zero attached hydrogens (tertiary/aromatic N) is 2. The molecule has 3 aromatic carbocycles. The number of fused-ring (bicyclic) bond motifs is 1. The Hall–Kier alpha value is -3.73. The summed E-state index contributed by atoms with van der Waals surface area (Å²) < 4.78 is 1.70. The first-order chi connectivity index (χ1) is 14.5. The number of rotatable bonds is 5. The second-order valence-electron chi connectivity index (χ2n) is 7.39. The minimum atomic E-state index is -0.630. The quantitative estimate of drug-likeness (QED) is 0.392. The summed E-state index contributed by atoms with van der Waals surface area (Å²) in [5.41, 5.74) is 3.36. The molecule has 0 saturated carbocycles. The van der Waals surface area contributed by atoms with E-state index in [0.717, 1.165) is 22.0 Å². The lowest BCUT2D eigenvalue weighted by atomic mass is 9.99. The van der Waals surface area contributed by atoms with Crippen molar-refractivity contribution in [2.45, 2.75) is 26.8 Å². The average molecular weight is 397 g/mol. The zero-order valence-corrected chi connectivity index (χ0v) is 17.2. The van der Waals surface area contributed by atoms with E-state index in [-0.39, 0.29) is 6.04 Å². The minimum absolute atomic E-state index is 0.308. The summed E-state index contributed by atoms with van der Waals surface area (Å²) in [4.78, 5) is 25.8. The maximum atomic E-state index is 13.0. The summed E-state index contributed by atoms with van der Waals surface area (Å²) >= 11 is 0. The van der Waals surface area contributed by atoms with Crippen LogP contribution >= 0.6 is 0 Å². The number of carbonyl (C=O) groups is 2. The van der Waals surface area contributed by atoms with E-state index in [2.05, 4.69) is 10.4 Å². The fraction of sp³-hybridized carbons (Fsp3) is 0.160. The van der Waals surface area contributed by atoms with Crippen LogP contribution in [0.1, 0.15) is 40.3 Å². The van der Waals surface area contributed by atoms with Crippen LogP contribution < -0.4 is 5.32 Å². The van der Waals surface area contributed by atoms with Crippen LogP contribution in [0.2, 0.25) is 0 Å². The van der Waals surface area contributed by atoms with Crippen molar-refractivity contribution in [3.8, 4) is 5.69 Å². The van der Waals surface area contributed by atoms with Crippen molar-refractivity contribution in [1.29, 1.82) is 0 Å². The highest BCUT2D eigenvalue weighted by Crippen LogP contribution is 2.24. The van der Waals surface area contributed by atoms with Crippen molar-refractivity contribution in [3.05, 3.63) is 95.3 Å². The van der Waals surface area contributed by atoms with E-state index in [1.54, 1.807) is 11.6 Å². The van der Waals surface area contributed by atoms with Gasteiger partial charge in [0.2, 0.25) is 0 Å². The molecule has 0 spiro atoms. The Morgan fingerprint density at radius 3 is 2.33 bits per heavy atom. The second kappa shape index (κ2) is 7.95. The number of aryl methyl sites for hydroxylation is 1. The first-order valence-corrected chi connectivity index (χ1v) is 9.92. The van der Waals surface area contributed by atoms with Crippen molar-refractivity contribution in [1.82, 2.24) is 15.1 Å². The Morgan fingerprint density at radius 1 is 0.900 bits per heavy atom. The number of carbonyl (C=O) groups excluding carboxylic acids is 2. The number of ketones is 1. The number of amides is 1. The standard InChI is InChI=1S/C25H23N3O2/c1-16(21-15-9-11-19-10-7-8-14-22(19)21)26-25(30)24(29)23-17(2)27-28(18(23)3)20-12-5-4-6-13-20/h4-16H,1-3H3,(H,26,30). The molecule has 1 aromatic heterocycles. The Balaban J connectivity index is 1.60. The molecule has 0 radical (unpaired) electrons. The Morgan fingerprint density at radius 2 is 1.57 bits per heavy atom. The summed E-state index contributed by atoms with van der Waals surface area (Å²) in [6, 6.07) is 23.2. The topological polar surface area (TPSA) is 64.0 Å². The van der Waals surface area contributed by atoms with Crippen LogP contribution in [0, 0.1) is 13.8 Å². The van der Waals surface area contributed by atoms with Crippen LogP contribution in [0.4, 0.5) is 0 Å². The van der Waals surface area contributed by atoms with E-state index in [0.29, 0.717) is 17.0 Å². The van der Waals surface area contributed by atoms with Crippen molar-refractivity contribution in [2.24, 2.45) is 0 Å². The van der Waals surface area contributed by atoms with Gasteiger partial charge in [0.1, 0.15) is 0 Å². The lowest BCUT2D eigenvalue weighted by molar-refractivity contribution is -0.117. The molecular weight excluding hydrogens is 374 g/mol. The third-order valence-electron chi connectivity index (χ3n) is 5.36. The van der Waals surface area contributed by atoms with Crippen LogP contribution in [-0.2, 0) is 4.79 Å². The molecule has 5 heteroatoms. The zero-order chi connectivity index (χ0) is 21.3. The number of hydrogen-bond acceptors (Lipinski definition) is 3. The summed E-state index contributed by atoms with van der Waals surface area (Å²) in [6.07, 6.45) is 0. The van der Waals surface area contributed by atoms with Gasteiger partial charge in [-0.15, -0.1) is 0 Å². The fourth-order valence-electron chi connectivity index (χ4n) is 3.87. The first kappa shape index (κ1) is 19.6. The molecule has 1 unspecified atom stereocenters. The molecule has 1 heterocycles. The molecule has 0 aliphatic heterocycles. The van der Waals surface area contributed by atoms with Crippen LogP contribution in [0.5, 0.6) is 0 Å². The fourth-order valence-corrected chi connectivity index (χ4v) is 3.87. The minimum Gasteiger partial charge on any atom is -0.343 e. The molecule has 0 aliphatic rings. The molecule has 1 amide bonds. The number of benzene rings is 3. The van der Waals surface area contributed by atoms with Gasteiger partial charge in [-0.2, -0.15) is 5.10 Å². The molecule has 4 rings (SSSR count). The van der Waals surface area contributed by atoms with E-state index in [1.165, 1.54) is 0 Å². The third kappa shape index (κ3) is 3.50. The third-order valence-corrected chi connectivity index (χ3v) is 5.36. The van der Waals surface area contributed by atoms with Gasteiger partial charge >= 0.3 is 0 Å². The number of hydrogen-bond donors (Lipinski definition) is 1. The van der Waals surface area contributed by atoms with Gasteiger partial charge in [0.05, 0.1) is 28.7 Å². The molecule has 1 N–H and O–H groups in total. The number of nitrogens with one attached hydrogen (secondary N) is 1. The first-order valence-electron chi connectivity index (χ1n) is 9.92. The normalized spacial score (nSPS) is 12.0. The second-order valence-corrected chi connectivity index (χ2v) is 7.39. The van der Waals surface area contributed by atoms with Crippen molar-refractivity contribution >= 4 is 22.5 Å². The van der Waals surface area contributed by atoms with E-state index >= 15 is 0 Å².